The Bertz CT molecular complexity index is 736. The Balaban J connectivity index is 1.74. The third kappa shape index (κ3) is 3.75. The van der Waals surface area contributed by atoms with E-state index < -0.39 is 0 Å². The molecule has 24 heavy (non-hydrogen) atoms. The van der Waals surface area contributed by atoms with Gasteiger partial charge in [-0.2, -0.15) is 0 Å². The Labute approximate surface area is 139 Å². The van der Waals surface area contributed by atoms with Crippen LogP contribution in [0.2, 0.25) is 0 Å². The Morgan fingerprint density at radius 3 is 2.79 bits per heavy atom. The predicted octanol–water partition coefficient (Wildman–Crippen LogP) is 1.65. The number of amides is 2. The number of nitrogens with zero attached hydrogens (tertiary/aromatic N) is 3. The lowest BCUT2D eigenvalue weighted by Gasteiger charge is -2.33. The molecule has 0 unspecified atom stereocenters. The van der Waals surface area contributed by atoms with Gasteiger partial charge < -0.3 is 15.0 Å². The van der Waals surface area contributed by atoms with Crippen LogP contribution in [0.3, 0.4) is 0 Å². The second-order valence-corrected chi connectivity index (χ2v) is 5.50. The van der Waals surface area contributed by atoms with E-state index >= 15 is 0 Å². The molecule has 2 aromatic rings. The van der Waals surface area contributed by atoms with Gasteiger partial charge in [0.2, 0.25) is 5.91 Å². The van der Waals surface area contributed by atoms with Crippen LogP contribution < -0.4 is 5.32 Å². The van der Waals surface area contributed by atoms with Crippen LogP contribution in [0.1, 0.15) is 28.9 Å². The molecule has 2 amide bonds. The molecule has 1 atom stereocenters. The largest absolute Gasteiger partial charge is 0.370 e. The van der Waals surface area contributed by atoms with Gasteiger partial charge in [-0.1, -0.05) is 0 Å². The quantitative estimate of drug-likeness (QED) is 0.927. The molecule has 0 spiro atoms. The van der Waals surface area contributed by atoms with Gasteiger partial charge in [-0.3, -0.25) is 14.6 Å². The Morgan fingerprint density at radius 1 is 1.25 bits per heavy atom. The summed E-state index contributed by atoms with van der Waals surface area (Å²) in [5, 5.41) is 2.59. The van der Waals surface area contributed by atoms with Gasteiger partial charge in [-0.15, -0.1) is 0 Å². The van der Waals surface area contributed by atoms with Gasteiger partial charge in [0.1, 0.15) is 11.9 Å². The number of hydrogen-bond donors (Lipinski definition) is 1. The third-order valence-corrected chi connectivity index (χ3v) is 3.74. The number of morpholine rings is 1. The number of rotatable bonds is 3. The number of ether oxygens (including phenoxy) is 1. The maximum atomic E-state index is 12.7. The zero-order chi connectivity index (χ0) is 16.9. The van der Waals surface area contributed by atoms with E-state index in [1.807, 2.05) is 12.1 Å². The molecule has 1 fully saturated rings. The molecular formula is C17H18N4O3. The van der Waals surface area contributed by atoms with Crippen LogP contribution in [0.5, 0.6) is 0 Å². The minimum atomic E-state index is -0.226. The van der Waals surface area contributed by atoms with E-state index in [2.05, 4.69) is 15.3 Å². The van der Waals surface area contributed by atoms with Gasteiger partial charge in [0.05, 0.1) is 13.2 Å². The van der Waals surface area contributed by atoms with Crippen molar-refractivity contribution in [1.29, 1.82) is 0 Å². The standard InChI is InChI=1S/C17H18N4O3/c1-12(22)20-16-10-14(4-7-19-16)17(23)21-8-9-24-15(11-21)13-2-5-18-6-3-13/h2-7,10,15H,8-9,11H2,1H3,(H,19,20,22)/t15-/m1/s1. The van der Waals surface area contributed by atoms with Crippen molar-refractivity contribution in [3.05, 3.63) is 54.0 Å². The number of hydrogen-bond acceptors (Lipinski definition) is 5. The van der Waals surface area contributed by atoms with Crippen molar-refractivity contribution < 1.29 is 14.3 Å². The van der Waals surface area contributed by atoms with Crippen LogP contribution in [0.15, 0.2) is 42.9 Å². The average molecular weight is 326 g/mol. The smallest absolute Gasteiger partial charge is 0.254 e. The zero-order valence-electron chi connectivity index (χ0n) is 13.3. The Morgan fingerprint density at radius 2 is 2.04 bits per heavy atom. The molecule has 1 aliphatic heterocycles. The van der Waals surface area contributed by atoms with E-state index in [9.17, 15) is 9.59 Å². The molecule has 0 radical (unpaired) electrons. The molecule has 7 heteroatoms. The first kappa shape index (κ1) is 16.1. The van der Waals surface area contributed by atoms with Crippen molar-refractivity contribution in [1.82, 2.24) is 14.9 Å². The average Bonchev–Trinajstić information content (AvgIpc) is 2.62. The van der Waals surface area contributed by atoms with Crippen LogP contribution in [0.25, 0.3) is 0 Å². The lowest BCUT2D eigenvalue weighted by Crippen LogP contribution is -2.42. The van der Waals surface area contributed by atoms with E-state index in [4.69, 9.17) is 4.74 Å². The highest BCUT2D eigenvalue weighted by Crippen LogP contribution is 2.23. The van der Waals surface area contributed by atoms with Gasteiger partial charge in [0.25, 0.3) is 5.91 Å². The van der Waals surface area contributed by atoms with Crippen molar-refractivity contribution in [2.75, 3.05) is 25.0 Å². The number of carbonyl (C=O) groups is 2. The first-order chi connectivity index (χ1) is 11.6. The summed E-state index contributed by atoms with van der Waals surface area (Å²) in [4.78, 5) is 33.6. The molecule has 7 nitrogen and oxygen atoms in total. The number of anilines is 1. The van der Waals surface area contributed by atoms with Crippen molar-refractivity contribution >= 4 is 17.6 Å². The second kappa shape index (κ2) is 7.18. The molecule has 1 saturated heterocycles. The summed E-state index contributed by atoms with van der Waals surface area (Å²) in [6.07, 6.45) is 4.77. The van der Waals surface area contributed by atoms with E-state index in [1.54, 1.807) is 29.4 Å². The molecule has 2 aromatic heterocycles. The van der Waals surface area contributed by atoms with Crippen LogP contribution >= 0.6 is 0 Å². The van der Waals surface area contributed by atoms with Crippen LogP contribution in [0, 0.1) is 0 Å². The van der Waals surface area contributed by atoms with E-state index in [-0.39, 0.29) is 17.9 Å². The van der Waals surface area contributed by atoms with E-state index in [1.165, 1.54) is 13.1 Å². The molecule has 124 valence electrons. The van der Waals surface area contributed by atoms with Crippen molar-refractivity contribution in [2.45, 2.75) is 13.0 Å². The van der Waals surface area contributed by atoms with Crippen LogP contribution in [0.4, 0.5) is 5.82 Å². The zero-order valence-corrected chi connectivity index (χ0v) is 13.3. The summed E-state index contributed by atoms with van der Waals surface area (Å²) in [6.45, 7) is 2.87. The molecule has 1 aliphatic rings. The topological polar surface area (TPSA) is 84.4 Å². The summed E-state index contributed by atoms with van der Waals surface area (Å²) in [5.74, 6) is 0.0369. The lowest BCUT2D eigenvalue weighted by molar-refractivity contribution is -0.114. The fraction of sp³-hybridized carbons (Fsp3) is 0.294. The summed E-state index contributed by atoms with van der Waals surface area (Å²) < 4.78 is 5.77. The molecule has 0 aliphatic carbocycles. The lowest BCUT2D eigenvalue weighted by atomic mass is 10.1. The monoisotopic (exact) mass is 326 g/mol. The summed E-state index contributed by atoms with van der Waals surface area (Å²) in [7, 11) is 0. The molecule has 3 heterocycles. The molecular weight excluding hydrogens is 308 g/mol. The van der Waals surface area contributed by atoms with Crippen molar-refractivity contribution in [2.24, 2.45) is 0 Å². The Hall–Kier alpha value is -2.80. The highest BCUT2D eigenvalue weighted by molar-refractivity contribution is 5.96. The fourth-order valence-corrected chi connectivity index (χ4v) is 2.61. The number of carbonyl (C=O) groups excluding carboxylic acids is 2. The number of nitrogens with one attached hydrogen (secondary N) is 1. The molecule has 1 N–H and O–H groups in total. The van der Waals surface area contributed by atoms with Crippen molar-refractivity contribution in [3.63, 3.8) is 0 Å². The normalized spacial score (nSPS) is 17.4. The number of pyridine rings is 2. The summed E-state index contributed by atoms with van der Waals surface area (Å²) in [6, 6.07) is 7.01. The second-order valence-electron chi connectivity index (χ2n) is 5.50. The molecule has 3 rings (SSSR count). The van der Waals surface area contributed by atoms with Gasteiger partial charge >= 0.3 is 0 Å². The van der Waals surface area contributed by atoms with Gasteiger partial charge in [0.15, 0.2) is 0 Å². The highest BCUT2D eigenvalue weighted by atomic mass is 16.5. The number of aromatic nitrogens is 2. The highest BCUT2D eigenvalue weighted by Gasteiger charge is 2.26. The minimum absolute atomic E-state index is 0.105. The van der Waals surface area contributed by atoms with Gasteiger partial charge in [-0.25, -0.2) is 4.98 Å². The first-order valence-electron chi connectivity index (χ1n) is 7.68. The molecule has 0 saturated carbocycles. The maximum Gasteiger partial charge on any atom is 0.254 e. The minimum Gasteiger partial charge on any atom is -0.370 e. The maximum absolute atomic E-state index is 12.7. The van der Waals surface area contributed by atoms with Crippen LogP contribution in [-0.4, -0.2) is 46.4 Å². The predicted molar refractivity (Wildman–Crippen MR) is 87.4 cm³/mol. The third-order valence-electron chi connectivity index (χ3n) is 3.74. The van der Waals surface area contributed by atoms with Crippen molar-refractivity contribution in [3.8, 4) is 0 Å². The van der Waals surface area contributed by atoms with Crippen LogP contribution in [-0.2, 0) is 9.53 Å². The SMILES string of the molecule is CC(=O)Nc1cc(C(=O)N2CCO[C@@H](c3ccncc3)C2)ccn1. The van der Waals surface area contributed by atoms with E-state index in [0.29, 0.717) is 31.1 Å². The molecule has 0 bridgehead atoms. The Kier molecular flexibility index (Phi) is 4.81. The van der Waals surface area contributed by atoms with Gasteiger partial charge in [-0.05, 0) is 29.8 Å². The fourth-order valence-electron chi connectivity index (χ4n) is 2.61. The van der Waals surface area contributed by atoms with Gasteiger partial charge in [0, 0.05) is 37.6 Å². The first-order valence-corrected chi connectivity index (χ1v) is 7.68. The molecule has 0 aromatic carbocycles. The van der Waals surface area contributed by atoms with E-state index in [0.717, 1.165) is 5.56 Å². The summed E-state index contributed by atoms with van der Waals surface area (Å²) >= 11 is 0. The summed E-state index contributed by atoms with van der Waals surface area (Å²) in [5.41, 5.74) is 1.49.